The summed E-state index contributed by atoms with van der Waals surface area (Å²) in [5, 5.41) is 5.03. The summed E-state index contributed by atoms with van der Waals surface area (Å²) >= 11 is 0. The number of furan rings is 1. The number of hydrogen-bond acceptors (Lipinski definition) is 4. The number of nitrogens with zero attached hydrogens (tertiary/aromatic N) is 1. The molecule has 2 N–H and O–H groups in total. The normalized spacial score (nSPS) is 15.6. The number of likely N-dealkylation sites (N-methyl/N-ethyl adjacent to an activating group) is 1. The van der Waals surface area contributed by atoms with Crippen molar-refractivity contribution in [1.82, 2.24) is 15.5 Å². The topological polar surface area (TPSA) is 91.7 Å². The molecular formula is C20H21F2N3O4. The highest BCUT2D eigenvalue weighted by Gasteiger charge is 2.31. The van der Waals surface area contributed by atoms with Crippen LogP contribution >= 0.6 is 0 Å². The number of nitrogens with one attached hydrogen (secondary N) is 2. The van der Waals surface area contributed by atoms with E-state index >= 15 is 0 Å². The number of rotatable bonds is 5. The molecule has 1 aliphatic rings. The van der Waals surface area contributed by atoms with E-state index in [1.54, 1.807) is 11.0 Å². The van der Waals surface area contributed by atoms with Crippen LogP contribution in [0.1, 0.15) is 34.8 Å². The summed E-state index contributed by atoms with van der Waals surface area (Å²) in [4.78, 5) is 38.9. The quantitative estimate of drug-likeness (QED) is 0.796. The molecule has 0 spiro atoms. The number of carbonyl (C=O) groups is 3. The molecule has 2 aromatic rings. The molecule has 9 heteroatoms. The third-order valence-corrected chi connectivity index (χ3v) is 4.99. The van der Waals surface area contributed by atoms with Gasteiger partial charge in [-0.2, -0.15) is 0 Å². The van der Waals surface area contributed by atoms with Gasteiger partial charge in [0.15, 0.2) is 11.6 Å². The van der Waals surface area contributed by atoms with Crippen molar-refractivity contribution in [3.63, 3.8) is 0 Å². The van der Waals surface area contributed by atoms with Gasteiger partial charge in [-0.05, 0) is 36.6 Å². The molecule has 1 aromatic carbocycles. The second-order valence-electron chi connectivity index (χ2n) is 6.81. The van der Waals surface area contributed by atoms with Crippen LogP contribution in [0.4, 0.5) is 8.78 Å². The van der Waals surface area contributed by atoms with Crippen LogP contribution in [-0.4, -0.2) is 42.8 Å². The Morgan fingerprint density at radius 2 is 1.86 bits per heavy atom. The molecule has 3 rings (SSSR count). The molecule has 1 aromatic heterocycles. The Balaban J connectivity index is 1.64. The third-order valence-electron chi connectivity index (χ3n) is 4.99. The maximum Gasteiger partial charge on any atom is 0.257 e. The zero-order chi connectivity index (χ0) is 21.0. The fourth-order valence-electron chi connectivity index (χ4n) is 3.31. The Bertz CT molecular complexity index is 893. The van der Waals surface area contributed by atoms with E-state index in [1.165, 1.54) is 25.6 Å². The van der Waals surface area contributed by atoms with Gasteiger partial charge in [-0.1, -0.05) is 6.07 Å². The van der Waals surface area contributed by atoms with Crippen molar-refractivity contribution in [1.29, 1.82) is 0 Å². The lowest BCUT2D eigenvalue weighted by atomic mass is 9.94. The fourth-order valence-corrected chi connectivity index (χ4v) is 3.31. The molecule has 1 unspecified atom stereocenters. The minimum Gasteiger partial charge on any atom is -0.472 e. The van der Waals surface area contributed by atoms with Gasteiger partial charge < -0.3 is 20.0 Å². The van der Waals surface area contributed by atoms with Gasteiger partial charge in [0.1, 0.15) is 12.3 Å². The van der Waals surface area contributed by atoms with Crippen LogP contribution < -0.4 is 10.6 Å². The molecule has 1 saturated heterocycles. The van der Waals surface area contributed by atoms with Crippen molar-refractivity contribution in [2.24, 2.45) is 5.92 Å². The highest BCUT2D eigenvalue weighted by molar-refractivity contribution is 5.94. The molecule has 1 aliphatic heterocycles. The maximum absolute atomic E-state index is 13.6. The zero-order valence-corrected chi connectivity index (χ0v) is 15.8. The van der Waals surface area contributed by atoms with Gasteiger partial charge in [0.05, 0.1) is 11.8 Å². The van der Waals surface area contributed by atoms with Crippen LogP contribution in [0.15, 0.2) is 41.2 Å². The van der Waals surface area contributed by atoms with Crippen LogP contribution in [0.2, 0.25) is 0 Å². The first kappa shape index (κ1) is 20.5. The van der Waals surface area contributed by atoms with Gasteiger partial charge in [0.25, 0.3) is 5.91 Å². The molecule has 7 nitrogen and oxygen atoms in total. The predicted octanol–water partition coefficient (Wildman–Crippen LogP) is 2.01. The highest BCUT2D eigenvalue weighted by atomic mass is 19.2. The van der Waals surface area contributed by atoms with Gasteiger partial charge in [-0.25, -0.2) is 8.78 Å². The lowest BCUT2D eigenvalue weighted by molar-refractivity contribution is -0.131. The average Bonchev–Trinajstić information content (AvgIpc) is 3.28. The summed E-state index contributed by atoms with van der Waals surface area (Å²) < 4.78 is 31.7. The van der Waals surface area contributed by atoms with E-state index in [2.05, 4.69) is 10.6 Å². The number of carbonyl (C=O) groups excluding carboxylic acids is 3. The molecule has 2 heterocycles. The zero-order valence-electron chi connectivity index (χ0n) is 15.8. The van der Waals surface area contributed by atoms with Crippen LogP contribution in [0.5, 0.6) is 0 Å². The smallest absolute Gasteiger partial charge is 0.257 e. The molecule has 0 aliphatic carbocycles. The molecule has 154 valence electrons. The Morgan fingerprint density at radius 1 is 1.14 bits per heavy atom. The lowest BCUT2D eigenvalue weighted by Crippen LogP contribution is -2.46. The molecule has 1 fully saturated rings. The van der Waals surface area contributed by atoms with E-state index in [0.29, 0.717) is 31.5 Å². The van der Waals surface area contributed by atoms with Crippen LogP contribution in [0.25, 0.3) is 0 Å². The van der Waals surface area contributed by atoms with Crippen molar-refractivity contribution >= 4 is 17.7 Å². The highest BCUT2D eigenvalue weighted by Crippen LogP contribution is 2.22. The van der Waals surface area contributed by atoms with Crippen molar-refractivity contribution in [2.45, 2.75) is 18.9 Å². The molecule has 29 heavy (non-hydrogen) atoms. The van der Waals surface area contributed by atoms with Gasteiger partial charge in [0.2, 0.25) is 11.8 Å². The van der Waals surface area contributed by atoms with E-state index in [9.17, 15) is 23.2 Å². The Kier molecular flexibility index (Phi) is 6.26. The first-order chi connectivity index (χ1) is 13.9. The van der Waals surface area contributed by atoms with E-state index < -0.39 is 29.5 Å². The number of amides is 3. The number of hydrogen-bond donors (Lipinski definition) is 2. The van der Waals surface area contributed by atoms with E-state index in [4.69, 9.17) is 4.42 Å². The maximum atomic E-state index is 13.6. The Hall–Kier alpha value is -3.23. The largest absolute Gasteiger partial charge is 0.472 e. The molecular weight excluding hydrogens is 384 g/mol. The fraction of sp³-hybridized carbons (Fsp3) is 0.350. The van der Waals surface area contributed by atoms with Crippen molar-refractivity contribution in [2.75, 3.05) is 20.1 Å². The second kappa shape index (κ2) is 8.85. The van der Waals surface area contributed by atoms with Crippen LogP contribution in [0.3, 0.4) is 0 Å². The minimum atomic E-state index is -1.15. The molecule has 1 atom stereocenters. The molecule has 0 saturated carbocycles. The summed E-state index contributed by atoms with van der Waals surface area (Å²) in [6.07, 6.45) is 3.64. The van der Waals surface area contributed by atoms with Gasteiger partial charge in [0, 0.05) is 26.1 Å². The Morgan fingerprint density at radius 3 is 2.45 bits per heavy atom. The number of piperidine rings is 1. The third kappa shape index (κ3) is 4.61. The molecule has 0 radical (unpaired) electrons. The first-order valence-electron chi connectivity index (χ1n) is 9.19. The standard InChI is InChI=1S/C20H21F2N3O4/c1-23-19(27)17(13-2-3-15(21)16(22)10-13)24-18(26)12-4-7-25(8-5-12)20(28)14-6-9-29-11-14/h2-3,6,9-12,17H,4-5,7-8H2,1H3,(H,23,27)(H,24,26). The summed E-state index contributed by atoms with van der Waals surface area (Å²) in [6.45, 7) is 0.774. The lowest BCUT2D eigenvalue weighted by Gasteiger charge is -2.32. The SMILES string of the molecule is CNC(=O)C(NC(=O)C1CCN(C(=O)c2ccoc2)CC1)c1ccc(F)c(F)c1. The Labute approximate surface area is 166 Å². The first-order valence-corrected chi connectivity index (χ1v) is 9.19. The van der Waals surface area contributed by atoms with Gasteiger partial charge >= 0.3 is 0 Å². The van der Waals surface area contributed by atoms with Crippen molar-refractivity contribution in [3.05, 3.63) is 59.6 Å². The van der Waals surface area contributed by atoms with Crippen LogP contribution in [-0.2, 0) is 9.59 Å². The molecule has 0 bridgehead atoms. The second-order valence-corrected chi connectivity index (χ2v) is 6.81. The summed E-state index contributed by atoms with van der Waals surface area (Å²) in [5.74, 6) is -3.62. The monoisotopic (exact) mass is 405 g/mol. The van der Waals surface area contributed by atoms with Gasteiger partial charge in [-0.15, -0.1) is 0 Å². The number of likely N-dealkylation sites (tertiary alicyclic amines) is 1. The minimum absolute atomic E-state index is 0.143. The van der Waals surface area contributed by atoms with E-state index in [-0.39, 0.29) is 17.4 Å². The average molecular weight is 405 g/mol. The summed E-state index contributed by atoms with van der Waals surface area (Å²) in [5.41, 5.74) is 0.593. The number of benzene rings is 1. The van der Waals surface area contributed by atoms with Gasteiger partial charge in [-0.3, -0.25) is 14.4 Å². The summed E-state index contributed by atoms with van der Waals surface area (Å²) in [7, 11) is 1.39. The molecule has 3 amide bonds. The van der Waals surface area contributed by atoms with E-state index in [1.807, 2.05) is 0 Å². The van der Waals surface area contributed by atoms with Crippen molar-refractivity contribution < 1.29 is 27.6 Å². The predicted molar refractivity (Wildman–Crippen MR) is 98.6 cm³/mol. The summed E-state index contributed by atoms with van der Waals surface area (Å²) in [6, 6.07) is 3.49. The number of halogens is 2. The van der Waals surface area contributed by atoms with Crippen LogP contribution in [0, 0.1) is 17.6 Å². The van der Waals surface area contributed by atoms with Crippen molar-refractivity contribution in [3.8, 4) is 0 Å². The van der Waals surface area contributed by atoms with E-state index in [0.717, 1.165) is 12.1 Å².